The van der Waals surface area contributed by atoms with Gasteiger partial charge in [-0.2, -0.15) is 23.4 Å². The molecular formula is C24H16F4N6O2S. The molecule has 0 fully saturated rings. The fourth-order valence-electron chi connectivity index (χ4n) is 3.64. The molecule has 0 atom stereocenters. The van der Waals surface area contributed by atoms with E-state index < -0.39 is 29.2 Å². The van der Waals surface area contributed by atoms with Crippen molar-refractivity contribution < 1.29 is 22.4 Å². The van der Waals surface area contributed by atoms with Crippen LogP contribution in [-0.2, 0) is 13.2 Å². The zero-order valence-corrected chi connectivity index (χ0v) is 19.7. The summed E-state index contributed by atoms with van der Waals surface area (Å²) in [5.41, 5.74) is -1.43. The van der Waals surface area contributed by atoms with Gasteiger partial charge in [-0.25, -0.2) is 9.49 Å². The van der Waals surface area contributed by atoms with Crippen molar-refractivity contribution in [2.45, 2.75) is 6.18 Å². The number of aromatic nitrogens is 4. The van der Waals surface area contributed by atoms with Crippen molar-refractivity contribution in [2.24, 2.45) is 7.05 Å². The number of carbonyl (C=O) groups excluding carboxylic acids is 1. The van der Waals surface area contributed by atoms with Gasteiger partial charge in [-0.1, -0.05) is 18.2 Å². The van der Waals surface area contributed by atoms with Gasteiger partial charge in [0.15, 0.2) is 5.82 Å². The quantitative estimate of drug-likeness (QED) is 0.260. The molecule has 13 heteroatoms. The Morgan fingerprint density at radius 3 is 2.57 bits per heavy atom. The SMILES string of the molecule is Cn1nc(Nc2cc(-c3ccc(F)c(NC(=O)c4cc5ccccc5s4)c3)n[nH]c2=O)cc1C(F)(F)F. The van der Waals surface area contributed by atoms with Gasteiger partial charge in [-0.3, -0.25) is 14.3 Å². The van der Waals surface area contributed by atoms with Gasteiger partial charge < -0.3 is 10.6 Å². The summed E-state index contributed by atoms with van der Waals surface area (Å²) in [6.07, 6.45) is -4.62. The smallest absolute Gasteiger partial charge is 0.334 e. The summed E-state index contributed by atoms with van der Waals surface area (Å²) < 4.78 is 55.3. The van der Waals surface area contributed by atoms with E-state index in [2.05, 4.69) is 25.9 Å². The molecule has 0 bridgehead atoms. The minimum absolute atomic E-state index is 0.109. The molecule has 0 aliphatic rings. The van der Waals surface area contributed by atoms with Gasteiger partial charge in [-0.15, -0.1) is 11.3 Å². The van der Waals surface area contributed by atoms with Crippen molar-refractivity contribution in [3.05, 3.63) is 87.4 Å². The van der Waals surface area contributed by atoms with E-state index in [1.54, 1.807) is 6.07 Å². The number of fused-ring (bicyclic) bond motifs is 1. The molecule has 3 heterocycles. The predicted octanol–water partition coefficient (Wildman–Crippen LogP) is 5.54. The average Bonchev–Trinajstić information content (AvgIpc) is 3.45. The first-order chi connectivity index (χ1) is 17.6. The zero-order chi connectivity index (χ0) is 26.3. The third-order valence-corrected chi connectivity index (χ3v) is 6.51. The standard InChI is InChI=1S/C24H16F4N6O2S/c1-34-20(24(26,27)28)11-21(33-34)29-17-10-15(31-32-22(17)35)12-6-7-14(25)16(8-12)30-23(36)19-9-13-4-2-3-5-18(13)37-19/h2-11H,1H3,(H,30,36)(H,32,35)(H,29,31,33). The second kappa shape index (κ2) is 9.17. The summed E-state index contributed by atoms with van der Waals surface area (Å²) in [6.45, 7) is 0. The Labute approximate surface area is 209 Å². The summed E-state index contributed by atoms with van der Waals surface area (Å²) in [6, 6.07) is 15.1. The lowest BCUT2D eigenvalue weighted by molar-refractivity contribution is -0.143. The maximum Gasteiger partial charge on any atom is 0.433 e. The lowest BCUT2D eigenvalue weighted by Crippen LogP contribution is -2.14. The third-order valence-electron chi connectivity index (χ3n) is 5.40. The molecule has 8 nitrogen and oxygen atoms in total. The maximum atomic E-state index is 14.5. The zero-order valence-electron chi connectivity index (χ0n) is 18.9. The van der Waals surface area contributed by atoms with Crippen molar-refractivity contribution >= 4 is 44.5 Å². The average molecular weight is 528 g/mol. The summed E-state index contributed by atoms with van der Waals surface area (Å²) in [7, 11) is 1.13. The van der Waals surface area contributed by atoms with Gasteiger partial charge in [0.1, 0.15) is 17.2 Å². The van der Waals surface area contributed by atoms with Crippen LogP contribution in [0.15, 0.2) is 65.5 Å². The van der Waals surface area contributed by atoms with Crippen LogP contribution in [0.4, 0.5) is 34.8 Å². The van der Waals surface area contributed by atoms with Gasteiger partial charge >= 0.3 is 6.18 Å². The largest absolute Gasteiger partial charge is 0.433 e. The molecule has 188 valence electrons. The van der Waals surface area contributed by atoms with Gasteiger partial charge in [-0.05, 0) is 41.8 Å². The highest BCUT2D eigenvalue weighted by molar-refractivity contribution is 7.20. The number of benzene rings is 2. The number of anilines is 3. The Bertz CT molecular complexity index is 1670. The molecular weight excluding hydrogens is 512 g/mol. The number of carbonyl (C=O) groups is 1. The monoisotopic (exact) mass is 528 g/mol. The number of nitrogens with zero attached hydrogens (tertiary/aromatic N) is 3. The van der Waals surface area contributed by atoms with E-state index in [4.69, 9.17) is 0 Å². The number of thiophene rings is 1. The molecule has 0 saturated carbocycles. The molecule has 0 spiro atoms. The maximum absolute atomic E-state index is 14.5. The first-order valence-corrected chi connectivity index (χ1v) is 11.5. The molecule has 37 heavy (non-hydrogen) atoms. The van der Waals surface area contributed by atoms with E-state index in [1.807, 2.05) is 24.3 Å². The van der Waals surface area contributed by atoms with Crippen LogP contribution >= 0.6 is 11.3 Å². The van der Waals surface area contributed by atoms with E-state index in [9.17, 15) is 27.2 Å². The van der Waals surface area contributed by atoms with Gasteiger partial charge in [0.2, 0.25) is 0 Å². The highest BCUT2D eigenvalue weighted by Crippen LogP contribution is 2.32. The van der Waals surface area contributed by atoms with E-state index >= 15 is 0 Å². The van der Waals surface area contributed by atoms with E-state index in [-0.39, 0.29) is 22.9 Å². The highest BCUT2D eigenvalue weighted by Gasteiger charge is 2.35. The number of hydrogen-bond acceptors (Lipinski definition) is 6. The number of halogens is 4. The number of amides is 1. The summed E-state index contributed by atoms with van der Waals surface area (Å²) in [5.74, 6) is -1.38. The number of aryl methyl sites for hydroxylation is 1. The second-order valence-electron chi connectivity index (χ2n) is 7.95. The number of nitrogens with one attached hydrogen (secondary N) is 3. The summed E-state index contributed by atoms with van der Waals surface area (Å²) in [4.78, 5) is 25.4. The molecule has 0 unspecified atom stereocenters. The first kappa shape index (κ1) is 24.2. The molecule has 0 aliphatic heterocycles. The normalized spacial score (nSPS) is 11.6. The fraction of sp³-hybridized carbons (Fsp3) is 0.0833. The van der Waals surface area contributed by atoms with Crippen molar-refractivity contribution in [3.63, 3.8) is 0 Å². The van der Waals surface area contributed by atoms with Crippen LogP contribution in [0.2, 0.25) is 0 Å². The molecule has 2 aromatic carbocycles. The molecule has 3 aromatic heterocycles. The number of aromatic amines is 1. The van der Waals surface area contributed by atoms with Crippen LogP contribution in [0.5, 0.6) is 0 Å². The highest BCUT2D eigenvalue weighted by atomic mass is 32.1. The van der Waals surface area contributed by atoms with Gasteiger partial charge in [0.05, 0.1) is 16.3 Å². The lowest BCUT2D eigenvalue weighted by Gasteiger charge is -2.09. The Morgan fingerprint density at radius 1 is 1.05 bits per heavy atom. The van der Waals surface area contributed by atoms with Crippen LogP contribution in [0, 0.1) is 5.82 Å². The molecule has 5 aromatic rings. The van der Waals surface area contributed by atoms with E-state index in [1.165, 1.54) is 29.5 Å². The fourth-order valence-corrected chi connectivity index (χ4v) is 4.59. The van der Waals surface area contributed by atoms with Gasteiger partial charge in [0, 0.05) is 23.4 Å². The topological polar surface area (TPSA) is 105 Å². The molecule has 3 N–H and O–H groups in total. The number of hydrogen-bond donors (Lipinski definition) is 3. The van der Waals surface area contributed by atoms with Gasteiger partial charge in [0.25, 0.3) is 11.5 Å². The van der Waals surface area contributed by atoms with Crippen molar-refractivity contribution in [1.82, 2.24) is 20.0 Å². The Kier molecular flexibility index (Phi) is 5.99. The number of rotatable bonds is 5. The summed E-state index contributed by atoms with van der Waals surface area (Å²) in [5, 5.41) is 15.9. The van der Waals surface area contributed by atoms with Crippen LogP contribution < -0.4 is 16.2 Å². The van der Waals surface area contributed by atoms with Crippen LogP contribution in [0.25, 0.3) is 21.3 Å². The van der Waals surface area contributed by atoms with Crippen molar-refractivity contribution in [1.29, 1.82) is 0 Å². The molecule has 0 aliphatic carbocycles. The Hall–Kier alpha value is -4.52. The first-order valence-electron chi connectivity index (χ1n) is 10.7. The minimum Gasteiger partial charge on any atom is -0.334 e. The van der Waals surface area contributed by atoms with Crippen LogP contribution in [0.1, 0.15) is 15.4 Å². The Morgan fingerprint density at radius 2 is 1.84 bits per heavy atom. The molecule has 0 saturated heterocycles. The summed E-state index contributed by atoms with van der Waals surface area (Å²) >= 11 is 1.27. The van der Waals surface area contributed by atoms with E-state index in [0.29, 0.717) is 15.1 Å². The Balaban J connectivity index is 1.41. The lowest BCUT2D eigenvalue weighted by atomic mass is 10.1. The number of alkyl halides is 3. The van der Waals surface area contributed by atoms with E-state index in [0.717, 1.165) is 29.3 Å². The third kappa shape index (κ3) is 4.93. The predicted molar refractivity (Wildman–Crippen MR) is 132 cm³/mol. The number of H-pyrrole nitrogens is 1. The van der Waals surface area contributed by atoms with Crippen molar-refractivity contribution in [3.8, 4) is 11.3 Å². The molecule has 0 radical (unpaired) electrons. The van der Waals surface area contributed by atoms with Crippen LogP contribution in [-0.4, -0.2) is 25.9 Å². The minimum atomic E-state index is -4.62. The second-order valence-corrected chi connectivity index (χ2v) is 9.04. The van der Waals surface area contributed by atoms with Crippen molar-refractivity contribution in [2.75, 3.05) is 10.6 Å². The molecule has 5 rings (SSSR count). The molecule has 1 amide bonds. The van der Waals surface area contributed by atoms with Crippen LogP contribution in [0.3, 0.4) is 0 Å².